The Morgan fingerprint density at radius 3 is 2.56 bits per heavy atom. The molecular weight excluding hydrogens is 326 g/mol. The molecule has 0 aliphatic carbocycles. The number of hydrogen-bond donors (Lipinski definition) is 2. The highest BCUT2D eigenvalue weighted by Crippen LogP contribution is 2.27. The monoisotopic (exact) mass is 341 g/mol. The molecule has 0 unspecified atom stereocenters. The van der Waals surface area contributed by atoms with Crippen molar-refractivity contribution < 1.29 is 19.2 Å². The molecule has 0 radical (unpaired) electrons. The molecule has 0 heterocycles. The number of anilines is 2. The molecule has 0 aromatic heterocycles. The van der Waals surface area contributed by atoms with Crippen LogP contribution in [0.2, 0.25) is 0 Å². The summed E-state index contributed by atoms with van der Waals surface area (Å²) in [6.45, 7) is 3.30. The zero-order valence-electron chi connectivity index (χ0n) is 13.3. The van der Waals surface area contributed by atoms with Crippen molar-refractivity contribution in [1.82, 2.24) is 0 Å². The van der Waals surface area contributed by atoms with Gasteiger partial charge in [-0.1, -0.05) is 18.7 Å². The van der Waals surface area contributed by atoms with Gasteiger partial charge in [0.05, 0.1) is 17.7 Å². The van der Waals surface area contributed by atoms with E-state index in [9.17, 15) is 19.7 Å². The number of nitrogens with zero attached hydrogens (tertiary/aromatic N) is 1. The molecule has 25 heavy (non-hydrogen) atoms. The summed E-state index contributed by atoms with van der Waals surface area (Å²) in [5, 5.41) is 16.3. The number of nitro benzene ring substituents is 1. The smallest absolute Gasteiger partial charge is 0.284 e. The van der Waals surface area contributed by atoms with Crippen LogP contribution < -0.4 is 15.4 Å². The average Bonchev–Trinajstić information content (AvgIpc) is 2.61. The third kappa shape index (κ3) is 4.20. The van der Waals surface area contributed by atoms with E-state index in [-0.39, 0.29) is 11.3 Å². The van der Waals surface area contributed by atoms with Gasteiger partial charge >= 0.3 is 0 Å². The van der Waals surface area contributed by atoms with E-state index in [0.29, 0.717) is 11.4 Å². The van der Waals surface area contributed by atoms with Crippen LogP contribution in [0.5, 0.6) is 5.75 Å². The Morgan fingerprint density at radius 1 is 1.20 bits per heavy atom. The van der Waals surface area contributed by atoms with Gasteiger partial charge in [0.25, 0.3) is 11.6 Å². The Hall–Kier alpha value is -3.68. The molecule has 128 valence electrons. The van der Waals surface area contributed by atoms with E-state index >= 15 is 0 Å². The second-order valence-electron chi connectivity index (χ2n) is 4.84. The number of ether oxygens (including phenoxy) is 1. The number of rotatable bonds is 6. The minimum Gasteiger partial charge on any atom is -0.495 e. The van der Waals surface area contributed by atoms with E-state index in [0.717, 1.165) is 12.1 Å². The van der Waals surface area contributed by atoms with E-state index < -0.39 is 22.4 Å². The third-order valence-corrected chi connectivity index (χ3v) is 3.25. The van der Waals surface area contributed by atoms with E-state index in [1.165, 1.54) is 19.2 Å². The summed E-state index contributed by atoms with van der Waals surface area (Å²) in [7, 11) is 1.45. The van der Waals surface area contributed by atoms with Crippen LogP contribution in [0.3, 0.4) is 0 Å². The normalized spacial score (nSPS) is 9.80. The van der Waals surface area contributed by atoms with E-state index in [4.69, 9.17) is 4.74 Å². The lowest BCUT2D eigenvalue weighted by Crippen LogP contribution is -2.15. The second-order valence-corrected chi connectivity index (χ2v) is 4.84. The Balaban J connectivity index is 2.34. The topological polar surface area (TPSA) is 111 Å². The highest BCUT2D eigenvalue weighted by Gasteiger charge is 2.22. The van der Waals surface area contributed by atoms with Gasteiger partial charge in [0.15, 0.2) is 0 Å². The van der Waals surface area contributed by atoms with Crippen molar-refractivity contribution in [2.24, 2.45) is 0 Å². The number of para-hydroxylation sites is 2. The molecule has 2 N–H and O–H groups in total. The van der Waals surface area contributed by atoms with Crippen LogP contribution in [0, 0.1) is 10.1 Å². The third-order valence-electron chi connectivity index (χ3n) is 3.25. The molecule has 0 saturated heterocycles. The lowest BCUT2D eigenvalue weighted by molar-refractivity contribution is -0.385. The van der Waals surface area contributed by atoms with Gasteiger partial charge in [0, 0.05) is 11.8 Å². The first-order chi connectivity index (χ1) is 12.0. The fourth-order valence-electron chi connectivity index (χ4n) is 2.08. The number of nitrogens with one attached hydrogen (secondary N) is 2. The van der Waals surface area contributed by atoms with Crippen molar-refractivity contribution in [1.29, 1.82) is 0 Å². The van der Waals surface area contributed by atoms with E-state index in [1.54, 1.807) is 24.3 Å². The number of nitro groups is 1. The number of benzene rings is 2. The molecule has 0 fully saturated rings. The summed E-state index contributed by atoms with van der Waals surface area (Å²) in [5.41, 5.74) is -0.0134. The number of hydrogen-bond acceptors (Lipinski definition) is 5. The fourth-order valence-corrected chi connectivity index (χ4v) is 2.08. The van der Waals surface area contributed by atoms with Gasteiger partial charge in [-0.2, -0.15) is 0 Å². The second kappa shape index (κ2) is 7.73. The number of amides is 2. The van der Waals surface area contributed by atoms with Gasteiger partial charge in [-0.15, -0.1) is 0 Å². The van der Waals surface area contributed by atoms with Gasteiger partial charge in [-0.05, 0) is 30.3 Å². The van der Waals surface area contributed by atoms with Crippen LogP contribution in [-0.2, 0) is 4.79 Å². The van der Waals surface area contributed by atoms with Crippen molar-refractivity contribution >= 4 is 28.9 Å². The van der Waals surface area contributed by atoms with Gasteiger partial charge < -0.3 is 15.4 Å². The van der Waals surface area contributed by atoms with Crippen LogP contribution in [0.25, 0.3) is 0 Å². The lowest BCUT2D eigenvalue weighted by Gasteiger charge is -2.10. The quantitative estimate of drug-likeness (QED) is 0.477. The van der Waals surface area contributed by atoms with Crippen LogP contribution in [0.1, 0.15) is 10.4 Å². The summed E-state index contributed by atoms with van der Waals surface area (Å²) in [5.74, 6) is -0.758. The van der Waals surface area contributed by atoms with E-state index in [2.05, 4.69) is 17.2 Å². The van der Waals surface area contributed by atoms with E-state index in [1.807, 2.05) is 0 Å². The maximum absolute atomic E-state index is 12.4. The van der Waals surface area contributed by atoms with Gasteiger partial charge in [0.2, 0.25) is 5.91 Å². The summed E-state index contributed by atoms with van der Waals surface area (Å²) < 4.78 is 5.13. The predicted molar refractivity (Wildman–Crippen MR) is 92.9 cm³/mol. The molecule has 2 aromatic rings. The molecule has 8 nitrogen and oxygen atoms in total. The fraction of sp³-hybridized carbons (Fsp3) is 0.0588. The van der Waals surface area contributed by atoms with Crippen molar-refractivity contribution in [3.8, 4) is 5.75 Å². The van der Waals surface area contributed by atoms with Crippen molar-refractivity contribution in [2.75, 3.05) is 17.7 Å². The summed E-state index contributed by atoms with van der Waals surface area (Å²) >= 11 is 0. The standard InChI is InChI=1S/C17H15N3O5/c1-3-16(21)18-11-8-9-12(14(10-11)20(23)24)17(22)19-13-6-4-5-7-15(13)25-2/h3-10H,1H2,2H3,(H,18,21)(H,19,22). The highest BCUT2D eigenvalue weighted by molar-refractivity contribution is 6.08. The van der Waals surface area contributed by atoms with Gasteiger partial charge in [-0.25, -0.2) is 0 Å². The molecule has 0 atom stereocenters. The van der Waals surface area contributed by atoms with Crippen LogP contribution in [0.15, 0.2) is 55.1 Å². The molecule has 2 rings (SSSR count). The SMILES string of the molecule is C=CC(=O)Nc1ccc(C(=O)Nc2ccccc2OC)c([N+](=O)[O-])c1. The summed E-state index contributed by atoms with van der Waals surface area (Å²) in [4.78, 5) is 34.3. The largest absolute Gasteiger partial charge is 0.495 e. The summed E-state index contributed by atoms with van der Waals surface area (Å²) in [6, 6.07) is 10.5. The van der Waals surface area contributed by atoms with Crippen LogP contribution in [0.4, 0.5) is 17.1 Å². The highest BCUT2D eigenvalue weighted by atomic mass is 16.6. The van der Waals surface area contributed by atoms with Gasteiger partial charge in [0.1, 0.15) is 11.3 Å². The minimum absolute atomic E-state index is 0.146. The average molecular weight is 341 g/mol. The van der Waals surface area contributed by atoms with Gasteiger partial charge in [-0.3, -0.25) is 19.7 Å². The Bertz CT molecular complexity index is 848. The predicted octanol–water partition coefficient (Wildman–Crippen LogP) is 2.98. The Labute approximate surface area is 143 Å². The number of carbonyl (C=O) groups is 2. The van der Waals surface area contributed by atoms with Crippen LogP contribution in [-0.4, -0.2) is 23.8 Å². The van der Waals surface area contributed by atoms with Crippen molar-refractivity contribution in [2.45, 2.75) is 0 Å². The zero-order chi connectivity index (χ0) is 18.4. The molecular formula is C17H15N3O5. The summed E-state index contributed by atoms with van der Waals surface area (Å²) in [6.07, 6.45) is 1.04. The Kier molecular flexibility index (Phi) is 5.47. The molecule has 2 amide bonds. The lowest BCUT2D eigenvalue weighted by atomic mass is 10.1. The minimum atomic E-state index is -0.694. The van der Waals surface area contributed by atoms with Crippen LogP contribution >= 0.6 is 0 Å². The molecule has 0 saturated carbocycles. The first kappa shape index (κ1) is 17.7. The number of methoxy groups -OCH3 is 1. The molecule has 0 bridgehead atoms. The van der Waals surface area contributed by atoms with Crippen molar-refractivity contribution in [3.05, 3.63) is 70.8 Å². The molecule has 2 aromatic carbocycles. The molecule has 0 aliphatic rings. The number of carbonyl (C=O) groups excluding carboxylic acids is 2. The first-order valence-electron chi connectivity index (χ1n) is 7.12. The maximum Gasteiger partial charge on any atom is 0.284 e. The van der Waals surface area contributed by atoms with Crippen molar-refractivity contribution in [3.63, 3.8) is 0 Å². The molecule has 8 heteroatoms. The zero-order valence-corrected chi connectivity index (χ0v) is 13.3. The maximum atomic E-state index is 12.4. The first-order valence-corrected chi connectivity index (χ1v) is 7.12. The molecule has 0 aliphatic heterocycles. The Morgan fingerprint density at radius 2 is 1.92 bits per heavy atom. The molecule has 0 spiro atoms.